The highest BCUT2D eigenvalue weighted by atomic mass is 16.5. The van der Waals surface area contributed by atoms with Crippen molar-refractivity contribution in [3.8, 4) is 11.5 Å². The second kappa shape index (κ2) is 8.63. The number of hydrogen-bond donors (Lipinski definition) is 2. The monoisotopic (exact) mass is 396 g/mol. The van der Waals surface area contributed by atoms with Gasteiger partial charge in [0, 0.05) is 43.4 Å². The molecule has 0 bridgehead atoms. The van der Waals surface area contributed by atoms with Crippen molar-refractivity contribution in [2.45, 2.75) is 12.8 Å². The molecule has 152 valence electrons. The maximum atomic E-state index is 12.8. The number of morpholine rings is 1. The van der Waals surface area contributed by atoms with Gasteiger partial charge in [0.15, 0.2) is 5.78 Å². The van der Waals surface area contributed by atoms with E-state index in [1.165, 1.54) is 6.07 Å². The molecule has 2 aliphatic rings. The van der Waals surface area contributed by atoms with Crippen LogP contribution in [0.15, 0.2) is 36.4 Å². The second-order valence-electron chi connectivity index (χ2n) is 7.23. The normalized spacial score (nSPS) is 16.8. The lowest BCUT2D eigenvalue weighted by Gasteiger charge is -2.26. The zero-order valence-electron chi connectivity index (χ0n) is 16.1. The molecule has 29 heavy (non-hydrogen) atoms. The van der Waals surface area contributed by atoms with E-state index < -0.39 is 0 Å². The van der Waals surface area contributed by atoms with E-state index in [1.807, 2.05) is 0 Å². The number of nitrogens with zero attached hydrogens (tertiary/aromatic N) is 1. The Morgan fingerprint density at radius 3 is 2.66 bits per heavy atom. The van der Waals surface area contributed by atoms with Crippen molar-refractivity contribution in [1.82, 2.24) is 4.90 Å². The van der Waals surface area contributed by atoms with Gasteiger partial charge in [0.25, 0.3) is 0 Å². The Hall–Kier alpha value is -2.90. The quantitative estimate of drug-likeness (QED) is 0.728. The van der Waals surface area contributed by atoms with E-state index in [0.717, 1.165) is 38.4 Å². The number of anilines is 1. The number of carbonyl (C=O) groups excluding carboxylic acids is 2. The Balaban J connectivity index is 1.39. The van der Waals surface area contributed by atoms with Gasteiger partial charge in [-0.2, -0.15) is 0 Å². The van der Waals surface area contributed by atoms with Crippen molar-refractivity contribution in [3.05, 3.63) is 53.1 Å². The molecule has 1 saturated heterocycles. The molecule has 4 rings (SSSR count). The Bertz CT molecular complexity index is 904. The van der Waals surface area contributed by atoms with Crippen LogP contribution in [0.1, 0.15) is 27.9 Å². The predicted octanol–water partition coefficient (Wildman–Crippen LogP) is 2.22. The number of carbonyl (C=O) groups is 2. The molecule has 2 aromatic rings. The minimum atomic E-state index is -0.262. The molecule has 7 nitrogen and oxygen atoms in total. The summed E-state index contributed by atoms with van der Waals surface area (Å²) < 4.78 is 11.1. The van der Waals surface area contributed by atoms with Crippen molar-refractivity contribution < 1.29 is 24.2 Å². The molecular formula is C22H24N2O5. The summed E-state index contributed by atoms with van der Waals surface area (Å²) in [5, 5.41) is 13.0. The summed E-state index contributed by atoms with van der Waals surface area (Å²) in [6.07, 6.45) is 0.930. The lowest BCUT2D eigenvalue weighted by atomic mass is 9.95. The van der Waals surface area contributed by atoms with Crippen molar-refractivity contribution in [2.75, 3.05) is 44.8 Å². The zero-order valence-corrected chi connectivity index (χ0v) is 16.1. The van der Waals surface area contributed by atoms with Gasteiger partial charge < -0.3 is 19.9 Å². The van der Waals surface area contributed by atoms with Gasteiger partial charge in [-0.3, -0.25) is 14.5 Å². The molecule has 0 aromatic heterocycles. The van der Waals surface area contributed by atoms with Gasteiger partial charge in [-0.15, -0.1) is 0 Å². The third kappa shape index (κ3) is 4.58. The molecule has 1 fully saturated rings. The van der Waals surface area contributed by atoms with Crippen LogP contribution in [0.25, 0.3) is 0 Å². The molecule has 2 heterocycles. The van der Waals surface area contributed by atoms with Crippen molar-refractivity contribution in [2.24, 2.45) is 0 Å². The Morgan fingerprint density at radius 2 is 1.90 bits per heavy atom. The van der Waals surface area contributed by atoms with E-state index in [4.69, 9.17) is 9.47 Å². The van der Waals surface area contributed by atoms with Gasteiger partial charge in [-0.1, -0.05) is 0 Å². The number of hydrogen-bond acceptors (Lipinski definition) is 6. The lowest BCUT2D eigenvalue weighted by Crippen LogP contribution is -2.38. The highest BCUT2D eigenvalue weighted by Gasteiger charge is 2.21. The van der Waals surface area contributed by atoms with Crippen LogP contribution in [0.3, 0.4) is 0 Å². The third-order valence-corrected chi connectivity index (χ3v) is 5.26. The summed E-state index contributed by atoms with van der Waals surface area (Å²) in [6.45, 7) is 4.78. The van der Waals surface area contributed by atoms with E-state index >= 15 is 0 Å². The fourth-order valence-electron chi connectivity index (χ4n) is 3.57. The van der Waals surface area contributed by atoms with Crippen molar-refractivity contribution in [3.63, 3.8) is 0 Å². The van der Waals surface area contributed by atoms with E-state index in [-0.39, 0.29) is 23.0 Å². The van der Waals surface area contributed by atoms with E-state index in [2.05, 4.69) is 10.2 Å². The van der Waals surface area contributed by atoms with E-state index in [9.17, 15) is 14.7 Å². The Labute approximate surface area is 169 Å². The maximum Gasteiger partial charge on any atom is 0.224 e. The summed E-state index contributed by atoms with van der Waals surface area (Å²) in [5.74, 6) is 0.219. The number of fused-ring (bicyclic) bond motifs is 1. The van der Waals surface area contributed by atoms with Crippen molar-refractivity contribution in [1.29, 1.82) is 0 Å². The molecule has 0 saturated carbocycles. The van der Waals surface area contributed by atoms with Gasteiger partial charge >= 0.3 is 0 Å². The minimum Gasteiger partial charge on any atom is -0.507 e. The average molecular weight is 396 g/mol. The first-order valence-electron chi connectivity index (χ1n) is 9.83. The Kier molecular flexibility index (Phi) is 5.78. The highest BCUT2D eigenvalue weighted by molar-refractivity contribution is 6.11. The van der Waals surface area contributed by atoms with Gasteiger partial charge in [-0.25, -0.2) is 0 Å². The first-order valence-corrected chi connectivity index (χ1v) is 9.83. The van der Waals surface area contributed by atoms with Crippen LogP contribution in [0.2, 0.25) is 0 Å². The topological polar surface area (TPSA) is 88.1 Å². The van der Waals surface area contributed by atoms with Crippen LogP contribution in [-0.2, 0) is 16.0 Å². The van der Waals surface area contributed by atoms with Gasteiger partial charge in [0.05, 0.1) is 18.8 Å². The van der Waals surface area contributed by atoms with Gasteiger partial charge in [0.2, 0.25) is 5.91 Å². The second-order valence-corrected chi connectivity index (χ2v) is 7.23. The van der Waals surface area contributed by atoms with Crippen LogP contribution in [0, 0.1) is 0 Å². The Morgan fingerprint density at radius 1 is 1.14 bits per heavy atom. The van der Waals surface area contributed by atoms with Gasteiger partial charge in [0.1, 0.15) is 18.1 Å². The number of rotatable bonds is 6. The summed E-state index contributed by atoms with van der Waals surface area (Å²) >= 11 is 0. The summed E-state index contributed by atoms with van der Waals surface area (Å²) in [6, 6.07) is 10.0. The number of amides is 1. The van der Waals surface area contributed by atoms with Crippen LogP contribution in [0.5, 0.6) is 11.5 Å². The van der Waals surface area contributed by atoms with Crippen LogP contribution >= 0.6 is 0 Å². The highest BCUT2D eigenvalue weighted by Crippen LogP contribution is 2.31. The van der Waals surface area contributed by atoms with E-state index in [1.54, 1.807) is 30.3 Å². The molecule has 0 atom stereocenters. The fourth-order valence-corrected chi connectivity index (χ4v) is 3.57. The van der Waals surface area contributed by atoms with Crippen molar-refractivity contribution >= 4 is 17.4 Å². The van der Waals surface area contributed by atoms with Gasteiger partial charge in [-0.05, 0) is 42.3 Å². The van der Waals surface area contributed by atoms with Crippen LogP contribution < -0.4 is 10.1 Å². The van der Waals surface area contributed by atoms with Crippen LogP contribution in [-0.4, -0.2) is 61.2 Å². The third-order valence-electron chi connectivity index (χ3n) is 5.26. The summed E-state index contributed by atoms with van der Waals surface area (Å²) in [4.78, 5) is 26.6. The minimum absolute atomic E-state index is 0.0832. The number of aryl methyl sites for hydroxylation is 1. The number of phenolic OH excluding ortho intramolecular Hbond substituents is 1. The molecule has 0 aliphatic carbocycles. The number of ketones is 1. The number of phenols is 1. The zero-order chi connectivity index (χ0) is 20.2. The predicted molar refractivity (Wildman–Crippen MR) is 108 cm³/mol. The molecule has 7 heteroatoms. The average Bonchev–Trinajstić information content (AvgIpc) is 2.74. The summed E-state index contributed by atoms with van der Waals surface area (Å²) in [5.41, 5.74) is 2.13. The molecule has 0 radical (unpaired) electrons. The number of benzene rings is 2. The summed E-state index contributed by atoms with van der Waals surface area (Å²) in [7, 11) is 0. The molecule has 0 unspecified atom stereocenters. The fraction of sp³-hybridized carbons (Fsp3) is 0.364. The molecule has 0 spiro atoms. The first kappa shape index (κ1) is 19.4. The lowest BCUT2D eigenvalue weighted by molar-refractivity contribution is -0.116. The molecular weight excluding hydrogens is 372 g/mol. The first-order chi connectivity index (χ1) is 14.1. The standard InChI is InChI=1S/C22H24N2O5/c25-20-14-19-16(3-6-21(26)23-19)13-18(20)22(27)15-1-4-17(5-2-15)29-12-9-24-7-10-28-11-8-24/h1-2,4-5,13-14,25H,3,6-12H2,(H,23,26). The number of nitrogens with one attached hydrogen (secondary N) is 1. The maximum absolute atomic E-state index is 12.8. The molecule has 2 aromatic carbocycles. The van der Waals surface area contributed by atoms with Crippen LogP contribution in [0.4, 0.5) is 5.69 Å². The molecule has 2 N–H and O–H groups in total. The molecule has 2 aliphatic heterocycles. The number of aromatic hydroxyl groups is 1. The van der Waals surface area contributed by atoms with E-state index in [0.29, 0.717) is 36.4 Å². The SMILES string of the molecule is O=C1CCc2cc(C(=O)c3ccc(OCCN4CCOCC4)cc3)c(O)cc2N1. The largest absolute Gasteiger partial charge is 0.507 e. The smallest absolute Gasteiger partial charge is 0.224 e. The number of ether oxygens (including phenoxy) is 2. The molecule has 1 amide bonds.